The third-order valence-electron chi connectivity index (χ3n) is 3.76. The predicted octanol–water partition coefficient (Wildman–Crippen LogP) is 2.65. The van der Waals surface area contributed by atoms with Crippen molar-refractivity contribution in [1.29, 1.82) is 0 Å². The van der Waals surface area contributed by atoms with Crippen molar-refractivity contribution in [2.45, 2.75) is 38.5 Å². The molecule has 1 aromatic carbocycles. The van der Waals surface area contributed by atoms with Crippen LogP contribution in [-0.4, -0.2) is 27.8 Å². The molecule has 0 bridgehead atoms. The third kappa shape index (κ3) is 3.73. The predicted molar refractivity (Wildman–Crippen MR) is 83.8 cm³/mol. The summed E-state index contributed by atoms with van der Waals surface area (Å²) in [4.78, 5) is 0. The van der Waals surface area contributed by atoms with Crippen molar-refractivity contribution < 1.29 is 8.42 Å². The van der Waals surface area contributed by atoms with Gasteiger partial charge in [0.15, 0.2) is 0 Å². The first kappa shape index (κ1) is 15.3. The van der Waals surface area contributed by atoms with Gasteiger partial charge in [-0.05, 0) is 48.4 Å². The average molecular weight is 296 g/mol. The van der Waals surface area contributed by atoms with Crippen LogP contribution in [0.5, 0.6) is 0 Å². The largest absolute Gasteiger partial charge is 0.316 e. The van der Waals surface area contributed by atoms with Crippen molar-refractivity contribution in [3.63, 3.8) is 0 Å². The smallest absolute Gasteiger partial charge is 0.229 e. The van der Waals surface area contributed by atoms with E-state index in [1.54, 1.807) is 0 Å². The van der Waals surface area contributed by atoms with Crippen LogP contribution in [0.3, 0.4) is 0 Å². The van der Waals surface area contributed by atoms with Crippen LogP contribution < -0.4 is 10.0 Å². The van der Waals surface area contributed by atoms with Crippen molar-refractivity contribution in [1.82, 2.24) is 5.32 Å². The molecular formula is C15H24N2O2S. The fourth-order valence-corrected chi connectivity index (χ4v) is 3.51. The number of anilines is 1. The molecule has 0 aromatic heterocycles. The van der Waals surface area contributed by atoms with Gasteiger partial charge in [0.05, 0.1) is 11.9 Å². The van der Waals surface area contributed by atoms with E-state index in [9.17, 15) is 8.42 Å². The number of benzene rings is 1. The van der Waals surface area contributed by atoms with Crippen LogP contribution in [0, 0.1) is 0 Å². The van der Waals surface area contributed by atoms with Gasteiger partial charge in [0.2, 0.25) is 10.0 Å². The Morgan fingerprint density at radius 2 is 2.10 bits per heavy atom. The summed E-state index contributed by atoms with van der Waals surface area (Å²) in [5, 5.41) is 3.41. The van der Waals surface area contributed by atoms with Crippen LogP contribution in [0.25, 0.3) is 0 Å². The molecule has 5 heteroatoms. The van der Waals surface area contributed by atoms with E-state index in [0.717, 1.165) is 31.6 Å². The zero-order chi connectivity index (χ0) is 14.8. The summed E-state index contributed by atoms with van der Waals surface area (Å²) in [5.74, 6) is 0.764. The van der Waals surface area contributed by atoms with Crippen LogP contribution in [0.2, 0.25) is 0 Å². The molecule has 1 aliphatic heterocycles. The van der Waals surface area contributed by atoms with Gasteiger partial charge in [-0.2, -0.15) is 0 Å². The molecule has 2 rings (SSSR count). The minimum absolute atomic E-state index is 0.381. The van der Waals surface area contributed by atoms with Crippen LogP contribution in [-0.2, 0) is 10.0 Å². The first-order valence-corrected chi connectivity index (χ1v) is 9.09. The van der Waals surface area contributed by atoms with E-state index in [0.29, 0.717) is 11.8 Å². The summed E-state index contributed by atoms with van der Waals surface area (Å²) >= 11 is 0. The maximum absolute atomic E-state index is 11.6. The highest BCUT2D eigenvalue weighted by molar-refractivity contribution is 7.92. The lowest BCUT2D eigenvalue weighted by atomic mass is 9.84. The number of nitrogens with one attached hydrogen (secondary N) is 2. The van der Waals surface area contributed by atoms with Crippen molar-refractivity contribution in [3.8, 4) is 0 Å². The summed E-state index contributed by atoms with van der Waals surface area (Å²) in [6.45, 7) is 6.27. The summed E-state index contributed by atoms with van der Waals surface area (Å²) in [5.41, 5.74) is 3.15. The highest BCUT2D eigenvalue weighted by atomic mass is 32.2. The minimum Gasteiger partial charge on any atom is -0.316 e. The monoisotopic (exact) mass is 296 g/mol. The molecule has 1 aliphatic rings. The van der Waals surface area contributed by atoms with Crippen molar-refractivity contribution in [2.75, 3.05) is 24.1 Å². The minimum atomic E-state index is -3.25. The second-order valence-corrected chi connectivity index (χ2v) is 7.63. The van der Waals surface area contributed by atoms with E-state index < -0.39 is 10.0 Å². The van der Waals surface area contributed by atoms with Gasteiger partial charge in [-0.15, -0.1) is 0 Å². The summed E-state index contributed by atoms with van der Waals surface area (Å²) in [6.07, 6.45) is 3.45. The molecule has 0 spiro atoms. The Kier molecular flexibility index (Phi) is 4.70. The zero-order valence-electron chi connectivity index (χ0n) is 12.4. The van der Waals surface area contributed by atoms with Crippen LogP contribution >= 0.6 is 0 Å². The van der Waals surface area contributed by atoms with E-state index in [4.69, 9.17) is 0 Å². The lowest BCUT2D eigenvalue weighted by Crippen LogP contribution is -2.29. The summed E-state index contributed by atoms with van der Waals surface area (Å²) < 4.78 is 25.9. The van der Waals surface area contributed by atoms with E-state index in [-0.39, 0.29) is 0 Å². The molecule has 0 amide bonds. The third-order valence-corrected chi connectivity index (χ3v) is 4.35. The van der Waals surface area contributed by atoms with E-state index in [2.05, 4.69) is 30.0 Å². The van der Waals surface area contributed by atoms with Gasteiger partial charge in [-0.3, -0.25) is 4.72 Å². The second-order valence-electron chi connectivity index (χ2n) is 5.88. The van der Waals surface area contributed by atoms with Gasteiger partial charge in [0.1, 0.15) is 0 Å². The molecule has 1 aromatic rings. The maximum atomic E-state index is 11.6. The lowest BCUT2D eigenvalue weighted by molar-refractivity contribution is 0.459. The first-order valence-electron chi connectivity index (χ1n) is 7.20. The van der Waals surface area contributed by atoms with Gasteiger partial charge in [0, 0.05) is 6.54 Å². The molecule has 2 N–H and O–H groups in total. The Bertz CT molecular complexity index is 561. The molecule has 1 atom stereocenters. The van der Waals surface area contributed by atoms with E-state index in [1.807, 2.05) is 12.1 Å². The van der Waals surface area contributed by atoms with Crippen LogP contribution in [0.4, 0.5) is 5.69 Å². The van der Waals surface area contributed by atoms with Gasteiger partial charge >= 0.3 is 0 Å². The Morgan fingerprint density at radius 1 is 1.35 bits per heavy atom. The van der Waals surface area contributed by atoms with Gasteiger partial charge < -0.3 is 5.32 Å². The summed E-state index contributed by atoms with van der Waals surface area (Å²) in [6, 6.07) is 5.92. The number of rotatable bonds is 4. The Balaban J connectivity index is 2.47. The normalized spacial score (nSPS) is 20.1. The van der Waals surface area contributed by atoms with E-state index in [1.165, 1.54) is 17.4 Å². The SMILES string of the molecule is CC(C)c1cccc(NS(C)(=O)=O)c1C1CCCNC1. The summed E-state index contributed by atoms with van der Waals surface area (Å²) in [7, 11) is -3.25. The van der Waals surface area contributed by atoms with Gasteiger partial charge in [-0.1, -0.05) is 26.0 Å². The van der Waals surface area contributed by atoms with Crippen LogP contribution in [0.15, 0.2) is 18.2 Å². The highest BCUT2D eigenvalue weighted by Gasteiger charge is 2.23. The van der Waals surface area contributed by atoms with Crippen LogP contribution in [0.1, 0.15) is 49.7 Å². The van der Waals surface area contributed by atoms with Crippen molar-refractivity contribution >= 4 is 15.7 Å². The molecule has 20 heavy (non-hydrogen) atoms. The first-order chi connectivity index (χ1) is 9.38. The number of hydrogen-bond donors (Lipinski definition) is 2. The zero-order valence-corrected chi connectivity index (χ0v) is 13.3. The number of piperidine rings is 1. The number of sulfonamides is 1. The molecular weight excluding hydrogens is 272 g/mol. The van der Waals surface area contributed by atoms with Crippen molar-refractivity contribution in [3.05, 3.63) is 29.3 Å². The number of hydrogen-bond acceptors (Lipinski definition) is 3. The Morgan fingerprint density at radius 3 is 2.65 bits per heavy atom. The Hall–Kier alpha value is -1.07. The molecule has 1 fully saturated rings. The maximum Gasteiger partial charge on any atom is 0.229 e. The molecule has 112 valence electrons. The molecule has 0 saturated carbocycles. The fourth-order valence-electron chi connectivity index (χ4n) is 2.93. The Labute approximate surface area is 122 Å². The molecule has 1 heterocycles. The van der Waals surface area contributed by atoms with E-state index >= 15 is 0 Å². The molecule has 4 nitrogen and oxygen atoms in total. The van der Waals surface area contributed by atoms with Crippen molar-refractivity contribution in [2.24, 2.45) is 0 Å². The quantitative estimate of drug-likeness (QED) is 0.898. The second kappa shape index (κ2) is 6.14. The van der Waals surface area contributed by atoms with Gasteiger partial charge in [-0.25, -0.2) is 8.42 Å². The molecule has 0 radical (unpaired) electrons. The standard InChI is InChI=1S/C15H24N2O2S/c1-11(2)13-7-4-8-14(17-20(3,18)19)15(13)12-6-5-9-16-10-12/h4,7-8,11-12,16-17H,5-6,9-10H2,1-3H3. The highest BCUT2D eigenvalue weighted by Crippen LogP contribution is 2.36. The van der Waals surface area contributed by atoms with Gasteiger partial charge in [0.25, 0.3) is 0 Å². The molecule has 1 saturated heterocycles. The average Bonchev–Trinajstić information content (AvgIpc) is 2.37. The lowest BCUT2D eigenvalue weighted by Gasteiger charge is -2.28. The molecule has 0 aliphatic carbocycles. The fraction of sp³-hybridized carbons (Fsp3) is 0.600. The topological polar surface area (TPSA) is 58.2 Å². The molecule has 1 unspecified atom stereocenters.